The monoisotopic (exact) mass is 437 g/mol. The molecule has 0 spiro atoms. The fourth-order valence-electron chi connectivity index (χ4n) is 3.45. The first kappa shape index (κ1) is 20.7. The molecule has 1 fully saturated rings. The van der Waals surface area contributed by atoms with Crippen molar-refractivity contribution in [1.82, 2.24) is 4.98 Å². The highest BCUT2D eigenvalue weighted by molar-refractivity contribution is 7.93. The van der Waals surface area contributed by atoms with Gasteiger partial charge in [-0.05, 0) is 36.2 Å². The van der Waals surface area contributed by atoms with Crippen molar-refractivity contribution < 1.29 is 13.2 Å². The van der Waals surface area contributed by atoms with Crippen molar-refractivity contribution in [3.63, 3.8) is 0 Å². The van der Waals surface area contributed by atoms with Gasteiger partial charge in [-0.15, -0.1) is 0 Å². The van der Waals surface area contributed by atoms with Crippen molar-refractivity contribution >= 4 is 38.8 Å². The summed E-state index contributed by atoms with van der Waals surface area (Å²) in [5.74, 6) is 0.148. The summed E-state index contributed by atoms with van der Waals surface area (Å²) in [7, 11) is -3.21. The van der Waals surface area contributed by atoms with E-state index < -0.39 is 15.9 Å². The van der Waals surface area contributed by atoms with Crippen molar-refractivity contribution in [2.24, 2.45) is 5.73 Å². The number of carbonyl (C=O) groups excluding carboxylic acids is 1. The Hall–Kier alpha value is -3.59. The van der Waals surface area contributed by atoms with E-state index in [0.717, 1.165) is 11.3 Å². The zero-order valence-corrected chi connectivity index (χ0v) is 17.6. The van der Waals surface area contributed by atoms with Gasteiger partial charge in [0.25, 0.3) is 5.91 Å². The van der Waals surface area contributed by atoms with Crippen molar-refractivity contribution in [3.8, 4) is 0 Å². The van der Waals surface area contributed by atoms with E-state index >= 15 is 0 Å². The second-order valence-electron chi connectivity index (χ2n) is 7.23. The molecular weight excluding hydrogens is 414 g/mol. The standard InChI is InChI=1S/C22H23N5O3S/c23-22(28)19-15-25-21(13-20(19)24-14-16-5-2-1-3-6-16)26-17-7-9-18(10-8-17)27-11-4-12-31(27,29)30/h1-3,5-10,13,15H,4,11-12,14H2,(H2,23,28)(H2,24,25,26). The van der Waals surface area contributed by atoms with Crippen molar-refractivity contribution in [2.75, 3.05) is 27.2 Å². The number of nitrogens with one attached hydrogen (secondary N) is 2. The number of carbonyl (C=O) groups is 1. The lowest BCUT2D eigenvalue weighted by atomic mass is 10.2. The topological polar surface area (TPSA) is 117 Å². The predicted octanol–water partition coefficient (Wildman–Crippen LogP) is 3.08. The molecule has 2 heterocycles. The van der Waals surface area contributed by atoms with Gasteiger partial charge in [-0.3, -0.25) is 9.10 Å². The normalized spacial score (nSPS) is 14.9. The minimum Gasteiger partial charge on any atom is -0.380 e. The van der Waals surface area contributed by atoms with E-state index in [4.69, 9.17) is 5.73 Å². The number of hydrogen-bond acceptors (Lipinski definition) is 6. The van der Waals surface area contributed by atoms with Crippen LogP contribution in [0.2, 0.25) is 0 Å². The van der Waals surface area contributed by atoms with E-state index in [1.165, 1.54) is 10.5 Å². The minimum absolute atomic E-state index is 0.182. The minimum atomic E-state index is -3.21. The largest absolute Gasteiger partial charge is 0.380 e. The number of nitrogens with two attached hydrogens (primary N) is 1. The number of aromatic nitrogens is 1. The first-order valence-corrected chi connectivity index (χ1v) is 11.5. The maximum absolute atomic E-state index is 12.1. The third kappa shape index (κ3) is 4.77. The molecule has 1 aliphatic rings. The Morgan fingerprint density at radius 2 is 1.84 bits per heavy atom. The van der Waals surface area contributed by atoms with Gasteiger partial charge >= 0.3 is 0 Å². The number of benzene rings is 2. The highest BCUT2D eigenvalue weighted by Crippen LogP contribution is 2.27. The summed E-state index contributed by atoms with van der Waals surface area (Å²) in [6.45, 7) is 1.03. The molecule has 3 aromatic rings. The van der Waals surface area contributed by atoms with Crippen LogP contribution in [0.5, 0.6) is 0 Å². The van der Waals surface area contributed by atoms with E-state index in [0.29, 0.717) is 42.3 Å². The Kier molecular flexibility index (Phi) is 5.77. The van der Waals surface area contributed by atoms with Crippen LogP contribution < -0.4 is 20.7 Å². The number of hydrogen-bond donors (Lipinski definition) is 3. The fourth-order valence-corrected chi connectivity index (χ4v) is 5.01. The summed E-state index contributed by atoms with van der Waals surface area (Å²) in [5, 5.41) is 6.41. The van der Waals surface area contributed by atoms with E-state index in [-0.39, 0.29) is 5.75 Å². The molecule has 0 unspecified atom stereocenters. The Balaban J connectivity index is 1.51. The van der Waals surface area contributed by atoms with Gasteiger partial charge in [-0.1, -0.05) is 30.3 Å². The SMILES string of the molecule is NC(=O)c1cnc(Nc2ccc(N3CCCS3(=O)=O)cc2)cc1NCc1ccccc1. The quantitative estimate of drug-likeness (QED) is 0.523. The maximum atomic E-state index is 12.1. The number of rotatable bonds is 7. The van der Waals surface area contributed by atoms with Crippen LogP contribution in [0.15, 0.2) is 66.9 Å². The highest BCUT2D eigenvalue weighted by Gasteiger charge is 2.28. The lowest BCUT2D eigenvalue weighted by Gasteiger charge is -2.17. The van der Waals surface area contributed by atoms with Crippen molar-refractivity contribution in [2.45, 2.75) is 13.0 Å². The molecule has 0 aliphatic carbocycles. The molecule has 0 bridgehead atoms. The van der Waals surface area contributed by atoms with Gasteiger partial charge in [0.15, 0.2) is 0 Å². The number of nitrogens with zero attached hydrogens (tertiary/aromatic N) is 2. The first-order valence-electron chi connectivity index (χ1n) is 9.87. The third-order valence-corrected chi connectivity index (χ3v) is 6.89. The van der Waals surface area contributed by atoms with E-state index in [1.54, 1.807) is 30.3 Å². The van der Waals surface area contributed by atoms with Crippen LogP contribution in [0.25, 0.3) is 0 Å². The van der Waals surface area contributed by atoms with Crippen LogP contribution in [0.4, 0.5) is 22.9 Å². The predicted molar refractivity (Wildman–Crippen MR) is 122 cm³/mol. The molecule has 8 nitrogen and oxygen atoms in total. The van der Waals surface area contributed by atoms with Crippen LogP contribution in [-0.4, -0.2) is 31.6 Å². The van der Waals surface area contributed by atoms with Gasteiger partial charge in [0.05, 0.1) is 22.7 Å². The van der Waals surface area contributed by atoms with E-state index in [9.17, 15) is 13.2 Å². The molecule has 31 heavy (non-hydrogen) atoms. The average Bonchev–Trinajstić information content (AvgIpc) is 3.12. The van der Waals surface area contributed by atoms with Gasteiger partial charge in [0, 0.05) is 31.0 Å². The van der Waals surface area contributed by atoms with Gasteiger partial charge in [0.1, 0.15) is 5.82 Å². The molecule has 1 amide bonds. The molecular formula is C22H23N5O3S. The first-order chi connectivity index (χ1) is 14.9. The molecule has 4 N–H and O–H groups in total. The summed E-state index contributed by atoms with van der Waals surface area (Å²) < 4.78 is 25.6. The number of amides is 1. The van der Waals surface area contributed by atoms with Gasteiger partial charge in [-0.25, -0.2) is 13.4 Å². The van der Waals surface area contributed by atoms with Crippen LogP contribution in [0, 0.1) is 0 Å². The summed E-state index contributed by atoms with van der Waals surface area (Å²) in [4.78, 5) is 16.1. The highest BCUT2D eigenvalue weighted by atomic mass is 32.2. The Morgan fingerprint density at radius 1 is 1.10 bits per heavy atom. The number of pyridine rings is 1. The average molecular weight is 438 g/mol. The summed E-state index contributed by atoms with van der Waals surface area (Å²) in [6, 6.07) is 18.6. The molecule has 1 saturated heterocycles. The van der Waals surface area contributed by atoms with Crippen LogP contribution in [-0.2, 0) is 16.6 Å². The van der Waals surface area contributed by atoms with Crippen molar-refractivity contribution in [3.05, 3.63) is 78.0 Å². The third-order valence-electron chi connectivity index (χ3n) is 5.02. The Labute approximate surface area is 181 Å². The van der Waals surface area contributed by atoms with Gasteiger partial charge in [0.2, 0.25) is 10.0 Å². The lowest BCUT2D eigenvalue weighted by Crippen LogP contribution is -2.24. The van der Waals surface area contributed by atoms with Crippen LogP contribution in [0.1, 0.15) is 22.3 Å². The molecule has 0 atom stereocenters. The fraction of sp³-hybridized carbons (Fsp3) is 0.182. The van der Waals surface area contributed by atoms with Crippen molar-refractivity contribution in [1.29, 1.82) is 0 Å². The second-order valence-corrected chi connectivity index (χ2v) is 9.24. The molecule has 4 rings (SSSR count). The summed E-state index contributed by atoms with van der Waals surface area (Å²) in [6.07, 6.45) is 2.07. The van der Waals surface area contributed by atoms with Crippen LogP contribution in [0.3, 0.4) is 0 Å². The number of sulfonamides is 1. The lowest BCUT2D eigenvalue weighted by molar-refractivity contribution is 0.100. The molecule has 1 aromatic heterocycles. The smallest absolute Gasteiger partial charge is 0.252 e. The Bertz CT molecular complexity index is 1180. The molecule has 160 valence electrons. The zero-order valence-electron chi connectivity index (χ0n) is 16.8. The van der Waals surface area contributed by atoms with E-state index in [1.807, 2.05) is 30.3 Å². The van der Waals surface area contributed by atoms with E-state index in [2.05, 4.69) is 15.6 Å². The van der Waals surface area contributed by atoms with Gasteiger partial charge in [-0.2, -0.15) is 0 Å². The molecule has 0 saturated carbocycles. The molecule has 2 aromatic carbocycles. The number of primary amides is 1. The number of anilines is 4. The van der Waals surface area contributed by atoms with Gasteiger partial charge < -0.3 is 16.4 Å². The van der Waals surface area contributed by atoms with Crippen LogP contribution >= 0.6 is 0 Å². The molecule has 1 aliphatic heterocycles. The summed E-state index contributed by atoms with van der Waals surface area (Å²) in [5.41, 5.74) is 8.83. The zero-order chi connectivity index (χ0) is 21.8. The molecule has 9 heteroatoms. The summed E-state index contributed by atoms with van der Waals surface area (Å²) >= 11 is 0. The maximum Gasteiger partial charge on any atom is 0.252 e. The Morgan fingerprint density at radius 3 is 2.48 bits per heavy atom. The molecule has 0 radical (unpaired) electrons. The second kappa shape index (κ2) is 8.65.